The molecule has 0 radical (unpaired) electrons. The summed E-state index contributed by atoms with van der Waals surface area (Å²) in [6, 6.07) is 2.09. The normalized spacial score (nSPS) is 41.2. The molecule has 0 unspecified atom stereocenters. The monoisotopic (exact) mass is 260 g/mol. The van der Waals surface area contributed by atoms with Gasteiger partial charge in [-0.1, -0.05) is 0 Å². The largest absolute Gasteiger partial charge is 0.397 e. The van der Waals surface area contributed by atoms with Crippen molar-refractivity contribution in [2.75, 3.05) is 5.73 Å². The number of pyridine rings is 1. The molecule has 4 saturated carbocycles. The molecule has 4 aliphatic carbocycles. The highest BCUT2D eigenvalue weighted by Gasteiger charge is 2.48. The van der Waals surface area contributed by atoms with Crippen molar-refractivity contribution in [2.45, 2.75) is 42.2 Å². The van der Waals surface area contributed by atoms with Gasteiger partial charge >= 0.3 is 0 Å². The lowest BCUT2D eigenvalue weighted by atomic mass is 9.56. The van der Waals surface area contributed by atoms with Gasteiger partial charge in [-0.3, -0.25) is 4.98 Å². The first-order valence-electron chi connectivity index (χ1n) is 7.15. The van der Waals surface area contributed by atoms with Crippen molar-refractivity contribution in [3.8, 4) is 0 Å². The molecule has 0 aliphatic heterocycles. The Hall–Kier alpha value is -0.700. The quantitative estimate of drug-likeness (QED) is 0.883. The lowest BCUT2D eigenvalue weighted by Gasteiger charge is -2.54. The molecule has 2 N–H and O–H groups in total. The van der Waals surface area contributed by atoms with Gasteiger partial charge in [0.05, 0.1) is 11.9 Å². The van der Waals surface area contributed by atoms with E-state index >= 15 is 0 Å². The van der Waals surface area contributed by atoms with Crippen LogP contribution in [0.4, 0.5) is 5.69 Å². The summed E-state index contributed by atoms with van der Waals surface area (Å²) in [7, 11) is 0. The second-order valence-electron chi connectivity index (χ2n) is 6.43. The van der Waals surface area contributed by atoms with Gasteiger partial charge in [-0.2, -0.15) is 0 Å². The summed E-state index contributed by atoms with van der Waals surface area (Å²) in [6.45, 7) is 0. The van der Waals surface area contributed by atoms with Crippen LogP contribution in [-0.4, -0.2) is 10.2 Å². The fourth-order valence-electron chi connectivity index (χ4n) is 4.72. The smallest absolute Gasteiger partial charge is 0.0638 e. The molecular weight excluding hydrogens is 240 g/mol. The van der Waals surface area contributed by atoms with Crippen LogP contribution >= 0.6 is 11.8 Å². The van der Waals surface area contributed by atoms with Crippen molar-refractivity contribution in [3.63, 3.8) is 0 Å². The third kappa shape index (κ3) is 1.75. The van der Waals surface area contributed by atoms with Gasteiger partial charge in [0.25, 0.3) is 0 Å². The zero-order valence-electron chi connectivity index (χ0n) is 10.6. The molecule has 4 aliphatic rings. The van der Waals surface area contributed by atoms with Crippen molar-refractivity contribution in [2.24, 2.45) is 23.7 Å². The van der Waals surface area contributed by atoms with Crippen LogP contribution in [0, 0.1) is 23.7 Å². The Labute approximate surface area is 113 Å². The van der Waals surface area contributed by atoms with E-state index in [-0.39, 0.29) is 0 Å². The van der Waals surface area contributed by atoms with E-state index in [0.29, 0.717) is 0 Å². The van der Waals surface area contributed by atoms with Gasteiger partial charge in [0.2, 0.25) is 0 Å². The summed E-state index contributed by atoms with van der Waals surface area (Å²) in [5, 5.41) is 0.822. The van der Waals surface area contributed by atoms with Crippen LogP contribution in [0.15, 0.2) is 23.4 Å². The highest BCUT2D eigenvalue weighted by atomic mass is 32.2. The molecule has 0 atom stereocenters. The van der Waals surface area contributed by atoms with Gasteiger partial charge in [0.1, 0.15) is 0 Å². The van der Waals surface area contributed by atoms with Crippen LogP contribution in [0.5, 0.6) is 0 Å². The third-order valence-corrected chi connectivity index (χ3v) is 6.88. The van der Waals surface area contributed by atoms with Crippen molar-refractivity contribution < 1.29 is 0 Å². The van der Waals surface area contributed by atoms with Gasteiger partial charge in [0, 0.05) is 16.3 Å². The average molecular weight is 260 g/mol. The SMILES string of the molecule is Nc1cnccc1SC1C2CC3CC(C2)CC1C3. The highest BCUT2D eigenvalue weighted by Crippen LogP contribution is 2.58. The average Bonchev–Trinajstić information content (AvgIpc) is 2.35. The number of nitrogen functional groups attached to an aromatic ring is 1. The van der Waals surface area contributed by atoms with E-state index in [2.05, 4.69) is 11.1 Å². The maximum absolute atomic E-state index is 6.04. The summed E-state index contributed by atoms with van der Waals surface area (Å²) in [5.74, 6) is 4.02. The predicted molar refractivity (Wildman–Crippen MR) is 75.3 cm³/mol. The van der Waals surface area contributed by atoms with E-state index in [1.807, 2.05) is 18.0 Å². The molecule has 2 nitrogen and oxygen atoms in total. The predicted octanol–water partition coefficient (Wildman–Crippen LogP) is 3.58. The number of hydrogen-bond donors (Lipinski definition) is 1. The lowest BCUT2D eigenvalue weighted by Crippen LogP contribution is -2.46. The first-order chi connectivity index (χ1) is 8.79. The van der Waals surface area contributed by atoms with Crippen LogP contribution in [0.1, 0.15) is 32.1 Å². The third-order valence-electron chi connectivity index (χ3n) is 5.21. The van der Waals surface area contributed by atoms with Crippen molar-refractivity contribution in [1.82, 2.24) is 4.98 Å². The number of aromatic nitrogens is 1. The number of hydrogen-bond acceptors (Lipinski definition) is 3. The Kier molecular flexibility index (Phi) is 2.58. The Morgan fingerprint density at radius 2 is 1.72 bits per heavy atom. The lowest BCUT2D eigenvalue weighted by molar-refractivity contribution is 0.0267. The topological polar surface area (TPSA) is 38.9 Å². The molecular formula is C15H20N2S. The minimum Gasteiger partial charge on any atom is -0.397 e. The van der Waals surface area contributed by atoms with Crippen molar-refractivity contribution in [3.05, 3.63) is 18.5 Å². The van der Waals surface area contributed by atoms with Crippen LogP contribution in [0.3, 0.4) is 0 Å². The maximum Gasteiger partial charge on any atom is 0.0638 e. The maximum atomic E-state index is 6.04. The first kappa shape index (κ1) is 11.2. The van der Waals surface area contributed by atoms with Crippen LogP contribution in [-0.2, 0) is 0 Å². The highest BCUT2D eigenvalue weighted by molar-refractivity contribution is 8.00. The van der Waals surface area contributed by atoms with E-state index in [1.54, 1.807) is 6.20 Å². The molecule has 4 fully saturated rings. The molecule has 1 aromatic heterocycles. The summed E-state index contributed by atoms with van der Waals surface area (Å²) in [6.07, 6.45) is 11.1. The minimum atomic E-state index is 0.822. The van der Waals surface area contributed by atoms with Gasteiger partial charge in [0.15, 0.2) is 0 Å². The second kappa shape index (κ2) is 4.16. The molecule has 18 heavy (non-hydrogen) atoms. The summed E-state index contributed by atoms with van der Waals surface area (Å²) < 4.78 is 0. The number of rotatable bonds is 2. The summed E-state index contributed by atoms with van der Waals surface area (Å²) in [4.78, 5) is 5.34. The fourth-order valence-corrected chi connectivity index (χ4v) is 6.17. The van der Waals surface area contributed by atoms with Crippen LogP contribution in [0.2, 0.25) is 0 Å². The van der Waals surface area contributed by atoms with E-state index in [1.165, 1.54) is 37.0 Å². The fraction of sp³-hybridized carbons (Fsp3) is 0.667. The zero-order chi connectivity index (χ0) is 12.1. The molecule has 5 rings (SSSR count). The molecule has 3 heteroatoms. The standard InChI is InChI=1S/C15H20N2S/c16-13-8-17-2-1-14(13)18-15-11-4-9-3-10(6-11)7-12(15)5-9/h1-2,8-12,15H,3-7,16H2. The van der Waals surface area contributed by atoms with E-state index in [4.69, 9.17) is 5.73 Å². The molecule has 0 aromatic carbocycles. The van der Waals surface area contributed by atoms with Crippen molar-refractivity contribution in [1.29, 1.82) is 0 Å². The van der Waals surface area contributed by atoms with E-state index in [9.17, 15) is 0 Å². The van der Waals surface area contributed by atoms with Gasteiger partial charge < -0.3 is 5.73 Å². The number of thioether (sulfide) groups is 1. The number of nitrogens with two attached hydrogens (primary N) is 1. The van der Waals surface area contributed by atoms with E-state index in [0.717, 1.165) is 34.6 Å². The summed E-state index contributed by atoms with van der Waals surface area (Å²) >= 11 is 2.04. The Bertz CT molecular complexity index is 432. The zero-order valence-corrected chi connectivity index (χ0v) is 11.4. The summed E-state index contributed by atoms with van der Waals surface area (Å²) in [5.41, 5.74) is 6.90. The van der Waals surface area contributed by atoms with E-state index < -0.39 is 0 Å². The second-order valence-corrected chi connectivity index (χ2v) is 7.65. The van der Waals surface area contributed by atoms with Crippen LogP contribution < -0.4 is 5.73 Å². The Balaban J connectivity index is 1.57. The Morgan fingerprint density at radius 3 is 2.33 bits per heavy atom. The molecule has 1 heterocycles. The van der Waals surface area contributed by atoms with Gasteiger partial charge in [-0.25, -0.2) is 0 Å². The van der Waals surface area contributed by atoms with Crippen LogP contribution in [0.25, 0.3) is 0 Å². The number of nitrogens with zero attached hydrogens (tertiary/aromatic N) is 1. The van der Waals surface area contributed by atoms with Gasteiger partial charge in [-0.15, -0.1) is 11.8 Å². The number of anilines is 1. The molecule has 4 bridgehead atoms. The molecule has 0 amide bonds. The Morgan fingerprint density at radius 1 is 1.06 bits per heavy atom. The molecule has 1 aromatic rings. The minimum absolute atomic E-state index is 0.822. The van der Waals surface area contributed by atoms with Gasteiger partial charge in [-0.05, 0) is 61.8 Å². The molecule has 0 saturated heterocycles. The first-order valence-corrected chi connectivity index (χ1v) is 8.03. The van der Waals surface area contributed by atoms with Crippen molar-refractivity contribution >= 4 is 17.4 Å². The molecule has 0 spiro atoms. The molecule has 96 valence electrons.